The van der Waals surface area contributed by atoms with Crippen LogP contribution in [0.25, 0.3) is 0 Å². The van der Waals surface area contributed by atoms with Gasteiger partial charge in [-0.15, -0.1) is 0 Å². The van der Waals surface area contributed by atoms with Crippen molar-refractivity contribution in [3.8, 4) is 0 Å². The van der Waals surface area contributed by atoms with Gasteiger partial charge >= 0.3 is 0 Å². The Bertz CT molecular complexity index is 808. The highest BCUT2D eigenvalue weighted by Gasteiger charge is 2.52. The minimum Gasteiger partial charge on any atom is -0.456 e. The molecule has 1 atom stereocenters. The van der Waals surface area contributed by atoms with Crippen molar-refractivity contribution in [2.24, 2.45) is 12.5 Å². The van der Waals surface area contributed by atoms with E-state index in [0.717, 1.165) is 12.1 Å². The molecule has 0 bridgehead atoms. The van der Waals surface area contributed by atoms with Crippen LogP contribution in [0.15, 0.2) is 28.9 Å². The van der Waals surface area contributed by atoms with Crippen LogP contribution in [0.4, 0.5) is 5.69 Å². The fourth-order valence-electron chi connectivity index (χ4n) is 3.74. The van der Waals surface area contributed by atoms with Crippen molar-refractivity contribution in [2.75, 3.05) is 24.5 Å². The van der Waals surface area contributed by atoms with Gasteiger partial charge in [0.1, 0.15) is 5.76 Å². The molecule has 2 aromatic rings. The Kier molecular flexibility index (Phi) is 3.26. The molecule has 7 heteroatoms. The quantitative estimate of drug-likeness (QED) is 0.839. The number of rotatable bonds is 2. The Morgan fingerprint density at radius 1 is 1.29 bits per heavy atom. The predicted octanol–water partition coefficient (Wildman–Crippen LogP) is 1.59. The normalized spacial score (nSPS) is 23.7. The molecule has 2 aliphatic rings. The monoisotopic (exact) mass is 328 g/mol. The summed E-state index contributed by atoms with van der Waals surface area (Å²) >= 11 is 0. The van der Waals surface area contributed by atoms with Crippen molar-refractivity contribution in [1.29, 1.82) is 0 Å². The number of anilines is 1. The summed E-state index contributed by atoms with van der Waals surface area (Å²) in [7, 11) is 1.83. The average Bonchev–Trinajstić information content (AvgIpc) is 3.31. The fraction of sp³-hybridized carbons (Fsp3) is 0.471. The van der Waals surface area contributed by atoms with E-state index in [2.05, 4.69) is 5.10 Å². The number of nitrogens with zero attached hydrogens (tertiary/aromatic N) is 4. The van der Waals surface area contributed by atoms with Gasteiger partial charge in [-0.3, -0.25) is 14.3 Å². The zero-order chi connectivity index (χ0) is 16.9. The van der Waals surface area contributed by atoms with Crippen molar-refractivity contribution in [3.63, 3.8) is 0 Å². The van der Waals surface area contributed by atoms with E-state index in [-0.39, 0.29) is 11.8 Å². The molecule has 4 rings (SSSR count). The Morgan fingerprint density at radius 3 is 2.75 bits per heavy atom. The molecule has 1 spiro atoms. The van der Waals surface area contributed by atoms with Crippen molar-refractivity contribution in [2.45, 2.75) is 19.8 Å². The smallest absolute Gasteiger partial charge is 0.289 e. The largest absolute Gasteiger partial charge is 0.456 e. The lowest BCUT2D eigenvalue weighted by molar-refractivity contribution is -0.124. The number of likely N-dealkylation sites (tertiary alicyclic amines) is 1. The Balaban J connectivity index is 1.51. The summed E-state index contributed by atoms with van der Waals surface area (Å²) in [6, 6.07) is 3.48. The number of carbonyl (C=O) groups is 2. The lowest BCUT2D eigenvalue weighted by Crippen LogP contribution is -2.38. The van der Waals surface area contributed by atoms with Crippen molar-refractivity contribution < 1.29 is 14.0 Å². The van der Waals surface area contributed by atoms with E-state index in [1.54, 1.807) is 32.8 Å². The van der Waals surface area contributed by atoms with Gasteiger partial charge in [0.15, 0.2) is 5.76 Å². The van der Waals surface area contributed by atoms with Crippen LogP contribution in [-0.4, -0.2) is 46.1 Å². The Labute approximate surface area is 139 Å². The molecule has 0 aliphatic carbocycles. The number of hydrogen-bond acceptors (Lipinski definition) is 4. The molecule has 4 heterocycles. The molecular formula is C17H20N4O3. The zero-order valence-corrected chi connectivity index (χ0v) is 13.9. The third kappa shape index (κ3) is 2.23. The molecule has 0 N–H and O–H groups in total. The molecule has 2 aromatic heterocycles. The number of carbonyl (C=O) groups excluding carboxylic acids is 2. The van der Waals surface area contributed by atoms with Crippen LogP contribution in [-0.2, 0) is 11.8 Å². The molecule has 24 heavy (non-hydrogen) atoms. The van der Waals surface area contributed by atoms with E-state index in [0.29, 0.717) is 37.6 Å². The molecule has 0 aromatic carbocycles. The van der Waals surface area contributed by atoms with Crippen LogP contribution >= 0.6 is 0 Å². The molecule has 2 amide bonds. The molecular weight excluding hydrogens is 308 g/mol. The van der Waals surface area contributed by atoms with Gasteiger partial charge in [0, 0.05) is 32.9 Å². The highest BCUT2D eigenvalue weighted by molar-refractivity contribution is 6.01. The summed E-state index contributed by atoms with van der Waals surface area (Å²) in [5, 5.41) is 4.14. The summed E-state index contributed by atoms with van der Waals surface area (Å²) in [6.45, 7) is 3.54. The van der Waals surface area contributed by atoms with Crippen molar-refractivity contribution in [1.82, 2.24) is 14.7 Å². The fourth-order valence-corrected chi connectivity index (χ4v) is 3.74. The minimum atomic E-state index is -0.465. The second-order valence-corrected chi connectivity index (χ2v) is 6.75. The minimum absolute atomic E-state index is 0.0985. The number of hydrogen-bond donors (Lipinski definition) is 0. The maximum atomic E-state index is 13.0. The first-order valence-electron chi connectivity index (χ1n) is 8.15. The van der Waals surface area contributed by atoms with Gasteiger partial charge in [-0.05, 0) is 31.9 Å². The Morgan fingerprint density at radius 2 is 2.08 bits per heavy atom. The van der Waals surface area contributed by atoms with Gasteiger partial charge < -0.3 is 14.2 Å². The lowest BCUT2D eigenvalue weighted by atomic mass is 9.85. The van der Waals surface area contributed by atoms with E-state index in [4.69, 9.17) is 4.42 Å². The molecule has 126 valence electrons. The molecule has 2 saturated heterocycles. The van der Waals surface area contributed by atoms with Crippen molar-refractivity contribution in [3.05, 3.63) is 36.0 Å². The summed E-state index contributed by atoms with van der Waals surface area (Å²) in [5.41, 5.74) is 0.360. The first-order valence-corrected chi connectivity index (χ1v) is 8.15. The highest BCUT2D eigenvalue weighted by Crippen LogP contribution is 2.42. The van der Waals surface area contributed by atoms with Crippen LogP contribution in [0.2, 0.25) is 0 Å². The van der Waals surface area contributed by atoms with Crippen LogP contribution in [0.5, 0.6) is 0 Å². The first-order chi connectivity index (χ1) is 11.5. The van der Waals surface area contributed by atoms with E-state index in [1.807, 2.05) is 20.2 Å². The summed E-state index contributed by atoms with van der Waals surface area (Å²) in [5.74, 6) is 1.03. The third-order valence-electron chi connectivity index (χ3n) is 5.11. The maximum absolute atomic E-state index is 13.0. The second kappa shape index (κ2) is 5.22. The second-order valence-electron chi connectivity index (χ2n) is 6.75. The molecule has 2 aliphatic heterocycles. The molecule has 0 saturated carbocycles. The number of aromatic nitrogens is 2. The van der Waals surface area contributed by atoms with E-state index >= 15 is 0 Å². The predicted molar refractivity (Wildman–Crippen MR) is 86.6 cm³/mol. The standard InChI is InChI=1S/C17H20N4O3/c1-12-3-4-14(24-12)15(22)20-7-5-17(11-20)6-8-21(16(17)23)13-9-18-19(2)10-13/h3-4,9-10H,5-8,11H2,1-2H3. The maximum Gasteiger partial charge on any atom is 0.289 e. The highest BCUT2D eigenvalue weighted by atomic mass is 16.3. The van der Waals surface area contributed by atoms with E-state index < -0.39 is 5.41 Å². The number of aryl methyl sites for hydroxylation is 2. The first kappa shape index (κ1) is 15.0. The van der Waals surface area contributed by atoms with Gasteiger partial charge in [0.25, 0.3) is 5.91 Å². The van der Waals surface area contributed by atoms with Gasteiger partial charge in [0.2, 0.25) is 5.91 Å². The van der Waals surface area contributed by atoms with Crippen molar-refractivity contribution >= 4 is 17.5 Å². The zero-order valence-electron chi connectivity index (χ0n) is 13.9. The third-order valence-corrected chi connectivity index (χ3v) is 5.11. The van der Waals surface area contributed by atoms with Gasteiger partial charge in [0.05, 0.1) is 17.3 Å². The molecule has 1 unspecified atom stereocenters. The summed E-state index contributed by atoms with van der Waals surface area (Å²) < 4.78 is 7.12. The van der Waals surface area contributed by atoms with Crippen LogP contribution in [0.3, 0.4) is 0 Å². The lowest BCUT2D eigenvalue weighted by Gasteiger charge is -2.22. The van der Waals surface area contributed by atoms with Crippen LogP contribution < -0.4 is 4.90 Å². The summed E-state index contributed by atoms with van der Waals surface area (Å²) in [4.78, 5) is 29.1. The topological polar surface area (TPSA) is 71.6 Å². The SMILES string of the molecule is Cc1ccc(C(=O)N2CCC3(CCN(c4cnn(C)c4)C3=O)C2)o1. The van der Waals surface area contributed by atoms with Gasteiger partial charge in [-0.1, -0.05) is 0 Å². The van der Waals surface area contributed by atoms with Crippen LogP contribution in [0.1, 0.15) is 29.2 Å². The average molecular weight is 328 g/mol. The molecule has 0 radical (unpaired) electrons. The molecule has 7 nitrogen and oxygen atoms in total. The van der Waals surface area contributed by atoms with Gasteiger partial charge in [-0.25, -0.2) is 0 Å². The van der Waals surface area contributed by atoms with Gasteiger partial charge in [-0.2, -0.15) is 5.10 Å². The number of amides is 2. The van der Waals surface area contributed by atoms with E-state index in [9.17, 15) is 9.59 Å². The molecule has 2 fully saturated rings. The van der Waals surface area contributed by atoms with E-state index in [1.165, 1.54) is 0 Å². The summed E-state index contributed by atoms with van der Waals surface area (Å²) in [6.07, 6.45) is 5.02. The van der Waals surface area contributed by atoms with Crippen LogP contribution in [0, 0.1) is 12.3 Å². The number of furan rings is 1. The Hall–Kier alpha value is -2.57.